The van der Waals surface area contributed by atoms with Gasteiger partial charge in [-0.25, -0.2) is 4.39 Å². The van der Waals surface area contributed by atoms with Crippen molar-refractivity contribution in [2.45, 2.75) is 6.54 Å². The van der Waals surface area contributed by atoms with E-state index < -0.39 is 10.7 Å². The normalized spacial score (nSPS) is 10.4. The van der Waals surface area contributed by atoms with Crippen LogP contribution in [0.15, 0.2) is 24.4 Å². The number of halogens is 1. The van der Waals surface area contributed by atoms with Crippen LogP contribution in [0.4, 0.5) is 21.6 Å². The highest BCUT2D eigenvalue weighted by Gasteiger charge is 2.10. The van der Waals surface area contributed by atoms with Crippen molar-refractivity contribution in [1.29, 1.82) is 0 Å². The molecule has 0 unspecified atom stereocenters. The minimum atomic E-state index is -0.671. The summed E-state index contributed by atoms with van der Waals surface area (Å²) >= 11 is 0. The zero-order chi connectivity index (χ0) is 14.0. The number of aromatic nitrogens is 2. The second kappa shape index (κ2) is 4.92. The van der Waals surface area contributed by atoms with Crippen LogP contribution in [0.5, 0.6) is 0 Å². The van der Waals surface area contributed by atoms with E-state index in [0.717, 1.165) is 11.6 Å². The number of nitro benzene ring substituents is 1. The molecule has 0 saturated carbocycles. The third-order valence-electron chi connectivity index (χ3n) is 2.64. The highest BCUT2D eigenvalue weighted by Crippen LogP contribution is 2.21. The Morgan fingerprint density at radius 1 is 1.53 bits per heavy atom. The fraction of sp³-hybridized carbons (Fsp3) is 0.182. The molecule has 0 aliphatic rings. The Kier molecular flexibility index (Phi) is 3.32. The minimum absolute atomic E-state index is 0.304. The Balaban J connectivity index is 2.15. The largest absolute Gasteiger partial charge is 0.384 e. The summed E-state index contributed by atoms with van der Waals surface area (Å²) in [4.78, 5) is 9.97. The first-order chi connectivity index (χ1) is 8.97. The Hall–Kier alpha value is -2.64. The first-order valence-electron chi connectivity index (χ1n) is 5.42. The summed E-state index contributed by atoms with van der Waals surface area (Å²) in [6.07, 6.45) is 1.58. The average molecular weight is 265 g/mol. The molecule has 7 nitrogen and oxygen atoms in total. The number of non-ortho nitro benzene ring substituents is 1. The minimum Gasteiger partial charge on any atom is -0.384 e. The number of anilines is 2. The molecule has 2 rings (SSSR count). The summed E-state index contributed by atoms with van der Waals surface area (Å²) in [5.74, 6) is -0.186. The van der Waals surface area contributed by atoms with E-state index in [9.17, 15) is 14.5 Å². The smallest absolute Gasteiger partial charge is 0.274 e. The van der Waals surface area contributed by atoms with Gasteiger partial charge in [-0.2, -0.15) is 5.10 Å². The predicted molar refractivity (Wildman–Crippen MR) is 68.0 cm³/mol. The monoisotopic (exact) mass is 265 g/mol. The lowest BCUT2D eigenvalue weighted by molar-refractivity contribution is -0.385. The van der Waals surface area contributed by atoms with Crippen LogP contribution in [0.1, 0.15) is 5.56 Å². The van der Waals surface area contributed by atoms with E-state index in [1.54, 1.807) is 13.2 Å². The van der Waals surface area contributed by atoms with Gasteiger partial charge in [-0.15, -0.1) is 0 Å². The van der Waals surface area contributed by atoms with Crippen molar-refractivity contribution >= 4 is 17.2 Å². The number of nitrogens with zero attached hydrogens (tertiary/aromatic N) is 3. The number of hydrogen-bond donors (Lipinski definition) is 2. The van der Waals surface area contributed by atoms with Crippen LogP contribution >= 0.6 is 0 Å². The van der Waals surface area contributed by atoms with Gasteiger partial charge < -0.3 is 11.1 Å². The number of aryl methyl sites for hydroxylation is 1. The summed E-state index contributed by atoms with van der Waals surface area (Å²) in [7, 11) is 1.70. The molecule has 1 aromatic heterocycles. The molecule has 2 aromatic rings. The number of benzene rings is 1. The molecule has 0 saturated heterocycles. The number of hydrogen-bond acceptors (Lipinski definition) is 5. The van der Waals surface area contributed by atoms with Crippen molar-refractivity contribution < 1.29 is 9.31 Å². The number of nitrogens with two attached hydrogens (primary N) is 1. The number of rotatable bonds is 4. The lowest BCUT2D eigenvalue weighted by Crippen LogP contribution is -2.04. The van der Waals surface area contributed by atoms with Gasteiger partial charge in [-0.1, -0.05) is 0 Å². The van der Waals surface area contributed by atoms with Gasteiger partial charge in [0.15, 0.2) is 0 Å². The summed E-state index contributed by atoms with van der Waals surface area (Å²) in [6.45, 7) is 0.306. The standard InChI is InChI=1S/C11H12FN5O2/c1-16-11(13)7(6-15-16)5-14-9-2-8(12)3-10(4-9)17(18)19/h2-4,6,14H,5,13H2,1H3. The summed E-state index contributed by atoms with van der Waals surface area (Å²) < 4.78 is 14.7. The third-order valence-corrected chi connectivity index (χ3v) is 2.64. The van der Waals surface area contributed by atoms with Gasteiger partial charge in [0.1, 0.15) is 11.6 Å². The zero-order valence-electron chi connectivity index (χ0n) is 10.1. The van der Waals surface area contributed by atoms with Crippen molar-refractivity contribution in [2.24, 2.45) is 7.05 Å². The Labute approximate surface area is 108 Å². The molecule has 0 fully saturated rings. The van der Waals surface area contributed by atoms with Gasteiger partial charge in [0, 0.05) is 30.9 Å². The molecule has 3 N–H and O–H groups in total. The van der Waals surface area contributed by atoms with Gasteiger partial charge >= 0.3 is 0 Å². The van der Waals surface area contributed by atoms with Crippen LogP contribution in [0, 0.1) is 15.9 Å². The highest BCUT2D eigenvalue weighted by molar-refractivity contribution is 5.52. The fourth-order valence-electron chi connectivity index (χ4n) is 1.61. The van der Waals surface area contributed by atoms with Gasteiger partial charge in [0.2, 0.25) is 0 Å². The molecule has 0 bridgehead atoms. The Morgan fingerprint density at radius 3 is 2.84 bits per heavy atom. The molecule has 19 heavy (non-hydrogen) atoms. The van der Waals surface area contributed by atoms with E-state index in [0.29, 0.717) is 18.1 Å². The molecule has 0 radical (unpaired) electrons. The molecular weight excluding hydrogens is 253 g/mol. The van der Waals surface area contributed by atoms with Crippen molar-refractivity contribution in [2.75, 3.05) is 11.1 Å². The van der Waals surface area contributed by atoms with Gasteiger partial charge in [0.25, 0.3) is 5.69 Å². The maximum absolute atomic E-state index is 13.2. The van der Waals surface area contributed by atoms with Crippen LogP contribution in [-0.4, -0.2) is 14.7 Å². The second-order valence-corrected chi connectivity index (χ2v) is 3.99. The van der Waals surface area contributed by atoms with Crippen LogP contribution in [0.3, 0.4) is 0 Å². The van der Waals surface area contributed by atoms with E-state index in [-0.39, 0.29) is 5.69 Å². The summed E-state index contributed by atoms with van der Waals surface area (Å²) in [6, 6.07) is 3.30. The predicted octanol–water partition coefficient (Wildman–Crippen LogP) is 1.66. The van der Waals surface area contributed by atoms with Gasteiger partial charge in [0.05, 0.1) is 17.2 Å². The molecule has 0 aliphatic carbocycles. The van der Waals surface area contributed by atoms with Crippen LogP contribution < -0.4 is 11.1 Å². The molecule has 0 atom stereocenters. The zero-order valence-corrected chi connectivity index (χ0v) is 10.1. The van der Waals surface area contributed by atoms with Crippen LogP contribution in [-0.2, 0) is 13.6 Å². The molecule has 1 aromatic carbocycles. The number of nitrogens with one attached hydrogen (secondary N) is 1. The summed E-state index contributed by atoms with van der Waals surface area (Å²) in [5, 5.41) is 17.4. The van der Waals surface area contributed by atoms with Crippen molar-refractivity contribution in [1.82, 2.24) is 9.78 Å². The molecular formula is C11H12FN5O2. The molecule has 0 amide bonds. The first kappa shape index (κ1) is 12.8. The number of nitrogen functional groups attached to an aromatic ring is 1. The van der Waals surface area contributed by atoms with Crippen molar-refractivity contribution in [3.05, 3.63) is 45.9 Å². The van der Waals surface area contributed by atoms with E-state index >= 15 is 0 Å². The maximum atomic E-state index is 13.2. The van der Waals surface area contributed by atoms with Gasteiger partial charge in [-0.3, -0.25) is 14.8 Å². The van der Waals surface area contributed by atoms with E-state index in [1.165, 1.54) is 16.8 Å². The summed E-state index contributed by atoms with van der Waals surface area (Å²) in [5.41, 5.74) is 6.49. The van der Waals surface area contributed by atoms with Crippen LogP contribution in [0.2, 0.25) is 0 Å². The molecule has 0 spiro atoms. The van der Waals surface area contributed by atoms with E-state index in [2.05, 4.69) is 10.4 Å². The number of nitro groups is 1. The highest BCUT2D eigenvalue weighted by atomic mass is 19.1. The molecule has 1 heterocycles. The average Bonchev–Trinajstić information content (AvgIpc) is 2.67. The topological polar surface area (TPSA) is 99.0 Å². The first-order valence-corrected chi connectivity index (χ1v) is 5.42. The lowest BCUT2D eigenvalue weighted by atomic mass is 10.2. The fourth-order valence-corrected chi connectivity index (χ4v) is 1.61. The molecule has 8 heteroatoms. The SMILES string of the molecule is Cn1ncc(CNc2cc(F)cc([N+](=O)[O-])c2)c1N. The quantitative estimate of drug-likeness (QED) is 0.647. The maximum Gasteiger partial charge on any atom is 0.274 e. The van der Waals surface area contributed by atoms with Crippen LogP contribution in [0.25, 0.3) is 0 Å². The Morgan fingerprint density at radius 2 is 2.26 bits per heavy atom. The van der Waals surface area contributed by atoms with Crippen molar-refractivity contribution in [3.63, 3.8) is 0 Å². The second-order valence-electron chi connectivity index (χ2n) is 3.99. The molecule has 100 valence electrons. The van der Waals surface area contributed by atoms with E-state index in [4.69, 9.17) is 5.73 Å². The molecule has 0 aliphatic heterocycles. The van der Waals surface area contributed by atoms with Crippen molar-refractivity contribution in [3.8, 4) is 0 Å². The third kappa shape index (κ3) is 2.79. The lowest BCUT2D eigenvalue weighted by Gasteiger charge is -2.06. The van der Waals surface area contributed by atoms with Gasteiger partial charge in [-0.05, 0) is 6.07 Å². The Bertz CT molecular complexity index is 626. The van der Waals surface area contributed by atoms with E-state index in [1.807, 2.05) is 0 Å².